The fourth-order valence-electron chi connectivity index (χ4n) is 1.15. The number of carbonyl (C=O) groups excluding carboxylic acids is 1. The van der Waals surface area contributed by atoms with Gasteiger partial charge >= 0.3 is 0 Å². The Hall–Kier alpha value is -0.930. The molecule has 0 aliphatic heterocycles. The number of aryl methyl sites for hydroxylation is 1. The van der Waals surface area contributed by atoms with Crippen molar-refractivity contribution in [3.05, 3.63) is 41.4 Å². The van der Waals surface area contributed by atoms with Gasteiger partial charge in [-0.2, -0.15) is 0 Å². The molecule has 1 aromatic carbocycles. The minimum Gasteiger partial charge on any atom is -0.325 e. The quantitative estimate of drug-likeness (QED) is 0.645. The van der Waals surface area contributed by atoms with E-state index in [2.05, 4.69) is 11.9 Å². The number of hydrogen-bond acceptors (Lipinski definition) is 2. The Bertz CT molecular complexity index is 393. The van der Waals surface area contributed by atoms with E-state index in [1.54, 1.807) is 18.2 Å². The average molecular weight is 256 g/mol. The zero-order valence-electron chi connectivity index (χ0n) is 9.13. The van der Waals surface area contributed by atoms with Crippen LogP contribution in [0.5, 0.6) is 0 Å². The Balaban J connectivity index is 2.55. The first-order chi connectivity index (χ1) is 7.63. The van der Waals surface area contributed by atoms with Gasteiger partial charge in [0.25, 0.3) is 0 Å². The highest BCUT2D eigenvalue weighted by Gasteiger charge is 2.04. The van der Waals surface area contributed by atoms with Crippen molar-refractivity contribution in [3.63, 3.8) is 0 Å². The third-order valence-electron chi connectivity index (χ3n) is 1.94. The summed E-state index contributed by atoms with van der Waals surface area (Å²) in [4.78, 5) is 11.5. The lowest BCUT2D eigenvalue weighted by Crippen LogP contribution is -2.15. The fourth-order valence-corrected chi connectivity index (χ4v) is 1.86. The molecule has 1 aromatic rings. The molecule has 0 fully saturated rings. The van der Waals surface area contributed by atoms with Gasteiger partial charge in [0.2, 0.25) is 5.91 Å². The minimum absolute atomic E-state index is 0.0165. The van der Waals surface area contributed by atoms with Crippen LogP contribution in [0, 0.1) is 6.92 Å². The molecule has 2 nitrogen and oxygen atoms in total. The zero-order valence-corrected chi connectivity index (χ0v) is 10.7. The molecule has 0 radical (unpaired) electrons. The molecule has 0 aromatic heterocycles. The van der Waals surface area contributed by atoms with Crippen LogP contribution in [0.3, 0.4) is 0 Å². The van der Waals surface area contributed by atoms with Crippen LogP contribution in [0.15, 0.2) is 30.9 Å². The van der Waals surface area contributed by atoms with Gasteiger partial charge in [0, 0.05) is 16.5 Å². The second kappa shape index (κ2) is 6.61. The molecule has 4 heteroatoms. The van der Waals surface area contributed by atoms with Crippen LogP contribution in [0.2, 0.25) is 5.02 Å². The van der Waals surface area contributed by atoms with Crippen molar-refractivity contribution in [2.75, 3.05) is 16.8 Å². The Morgan fingerprint density at radius 3 is 3.06 bits per heavy atom. The van der Waals surface area contributed by atoms with E-state index in [9.17, 15) is 4.79 Å². The van der Waals surface area contributed by atoms with Crippen molar-refractivity contribution in [3.8, 4) is 0 Å². The number of thioether (sulfide) groups is 1. The summed E-state index contributed by atoms with van der Waals surface area (Å²) >= 11 is 7.38. The number of hydrogen-bond donors (Lipinski definition) is 1. The molecular weight excluding hydrogens is 242 g/mol. The second-order valence-electron chi connectivity index (χ2n) is 3.31. The Morgan fingerprint density at radius 1 is 1.62 bits per heavy atom. The number of benzene rings is 1. The maximum Gasteiger partial charge on any atom is 0.234 e. The van der Waals surface area contributed by atoms with Gasteiger partial charge in [-0.25, -0.2) is 0 Å². The standard InChI is InChI=1S/C12H14ClNOS/c1-3-6-16-8-12(15)14-11-7-10(13)5-4-9(11)2/h3-5,7H,1,6,8H2,2H3,(H,14,15). The zero-order chi connectivity index (χ0) is 12.0. The van der Waals surface area contributed by atoms with Crippen LogP contribution in [-0.4, -0.2) is 17.4 Å². The molecule has 0 spiro atoms. The number of halogens is 1. The Kier molecular flexibility index (Phi) is 5.43. The third kappa shape index (κ3) is 4.29. The van der Waals surface area contributed by atoms with E-state index < -0.39 is 0 Å². The van der Waals surface area contributed by atoms with Gasteiger partial charge in [0.15, 0.2) is 0 Å². The van der Waals surface area contributed by atoms with E-state index in [0.717, 1.165) is 17.0 Å². The molecule has 0 heterocycles. The summed E-state index contributed by atoms with van der Waals surface area (Å²) in [5.41, 5.74) is 1.78. The number of anilines is 1. The molecule has 0 aliphatic rings. The van der Waals surface area contributed by atoms with Crippen LogP contribution in [-0.2, 0) is 4.79 Å². The molecule has 86 valence electrons. The lowest BCUT2D eigenvalue weighted by Gasteiger charge is -2.08. The molecule has 1 rings (SSSR count). The Labute approximate surface area is 105 Å². The summed E-state index contributed by atoms with van der Waals surface area (Å²) in [5, 5.41) is 3.46. The molecular formula is C12H14ClNOS. The van der Waals surface area contributed by atoms with Crippen LogP contribution in [0.25, 0.3) is 0 Å². The van der Waals surface area contributed by atoms with Gasteiger partial charge < -0.3 is 5.32 Å². The average Bonchev–Trinajstić information content (AvgIpc) is 2.24. The lowest BCUT2D eigenvalue weighted by atomic mass is 10.2. The van der Waals surface area contributed by atoms with E-state index in [-0.39, 0.29) is 5.91 Å². The summed E-state index contributed by atoms with van der Waals surface area (Å²) in [6.45, 7) is 5.53. The van der Waals surface area contributed by atoms with Crippen molar-refractivity contribution in [1.82, 2.24) is 0 Å². The smallest absolute Gasteiger partial charge is 0.234 e. The highest BCUT2D eigenvalue weighted by molar-refractivity contribution is 8.00. The van der Waals surface area contributed by atoms with Crippen LogP contribution < -0.4 is 5.32 Å². The molecule has 0 saturated carbocycles. The largest absolute Gasteiger partial charge is 0.325 e. The molecule has 1 amide bonds. The lowest BCUT2D eigenvalue weighted by molar-refractivity contribution is -0.113. The van der Waals surface area contributed by atoms with Crippen molar-refractivity contribution in [1.29, 1.82) is 0 Å². The summed E-state index contributed by atoms with van der Waals surface area (Å²) < 4.78 is 0. The van der Waals surface area contributed by atoms with Gasteiger partial charge in [-0.05, 0) is 24.6 Å². The molecule has 16 heavy (non-hydrogen) atoms. The van der Waals surface area contributed by atoms with Crippen LogP contribution >= 0.6 is 23.4 Å². The summed E-state index contributed by atoms with van der Waals surface area (Å²) in [6.07, 6.45) is 1.78. The topological polar surface area (TPSA) is 29.1 Å². The number of amides is 1. The first-order valence-corrected chi connectivity index (χ1v) is 6.41. The van der Waals surface area contributed by atoms with Gasteiger partial charge in [0.1, 0.15) is 0 Å². The van der Waals surface area contributed by atoms with Gasteiger partial charge in [-0.1, -0.05) is 23.7 Å². The van der Waals surface area contributed by atoms with Crippen molar-refractivity contribution in [2.45, 2.75) is 6.92 Å². The van der Waals surface area contributed by atoms with Gasteiger partial charge in [-0.15, -0.1) is 18.3 Å². The summed E-state index contributed by atoms with van der Waals surface area (Å²) in [6, 6.07) is 5.45. The molecule has 0 aliphatic carbocycles. The molecule has 0 unspecified atom stereocenters. The maximum absolute atomic E-state index is 11.5. The molecule has 0 saturated heterocycles. The van der Waals surface area contributed by atoms with Gasteiger partial charge in [-0.3, -0.25) is 4.79 Å². The maximum atomic E-state index is 11.5. The fraction of sp³-hybridized carbons (Fsp3) is 0.250. The number of nitrogens with one attached hydrogen (secondary N) is 1. The van der Waals surface area contributed by atoms with Crippen molar-refractivity contribution < 1.29 is 4.79 Å². The SMILES string of the molecule is C=CCSCC(=O)Nc1cc(Cl)ccc1C. The van der Waals surface area contributed by atoms with E-state index in [0.29, 0.717) is 10.8 Å². The highest BCUT2D eigenvalue weighted by Crippen LogP contribution is 2.20. The monoisotopic (exact) mass is 255 g/mol. The third-order valence-corrected chi connectivity index (χ3v) is 3.12. The number of rotatable bonds is 5. The molecule has 0 atom stereocenters. The van der Waals surface area contributed by atoms with E-state index in [1.165, 1.54) is 11.8 Å². The predicted octanol–water partition coefficient (Wildman–Crippen LogP) is 3.51. The Morgan fingerprint density at radius 2 is 2.38 bits per heavy atom. The molecule has 0 bridgehead atoms. The van der Waals surface area contributed by atoms with Crippen molar-refractivity contribution >= 4 is 35.0 Å². The van der Waals surface area contributed by atoms with E-state index in [4.69, 9.17) is 11.6 Å². The first-order valence-electron chi connectivity index (χ1n) is 4.88. The van der Waals surface area contributed by atoms with Crippen molar-refractivity contribution in [2.24, 2.45) is 0 Å². The first kappa shape index (κ1) is 13.1. The summed E-state index contributed by atoms with van der Waals surface area (Å²) in [5.74, 6) is 1.19. The van der Waals surface area contributed by atoms with E-state index in [1.807, 2.05) is 13.0 Å². The number of carbonyl (C=O) groups is 1. The normalized spacial score (nSPS) is 9.88. The molecule has 1 N–H and O–H groups in total. The van der Waals surface area contributed by atoms with E-state index >= 15 is 0 Å². The minimum atomic E-state index is -0.0165. The summed E-state index contributed by atoms with van der Waals surface area (Å²) in [7, 11) is 0. The van der Waals surface area contributed by atoms with Crippen LogP contribution in [0.1, 0.15) is 5.56 Å². The predicted molar refractivity (Wildman–Crippen MR) is 72.3 cm³/mol. The van der Waals surface area contributed by atoms with Crippen LogP contribution in [0.4, 0.5) is 5.69 Å². The van der Waals surface area contributed by atoms with Gasteiger partial charge in [0.05, 0.1) is 5.75 Å². The second-order valence-corrected chi connectivity index (χ2v) is 4.78. The highest BCUT2D eigenvalue weighted by atomic mass is 35.5.